The quantitative estimate of drug-likeness (QED) is 0.155. The van der Waals surface area contributed by atoms with Gasteiger partial charge in [-0.1, -0.05) is 13.3 Å². The summed E-state index contributed by atoms with van der Waals surface area (Å²) in [6.45, 7) is 17.0. The molecule has 0 atom stereocenters. The molecule has 0 aliphatic carbocycles. The van der Waals surface area contributed by atoms with Crippen LogP contribution in [0.25, 0.3) is 0 Å². The Bertz CT molecular complexity index is 402. The van der Waals surface area contributed by atoms with Crippen molar-refractivity contribution in [3.8, 4) is 0 Å². The van der Waals surface area contributed by atoms with Crippen molar-refractivity contribution in [2.24, 2.45) is 0 Å². The molecule has 0 aliphatic heterocycles. The third-order valence-corrected chi connectivity index (χ3v) is 4.85. The van der Waals surface area contributed by atoms with Crippen LogP contribution < -0.4 is 0 Å². The zero-order valence-electron chi connectivity index (χ0n) is 15.5. The van der Waals surface area contributed by atoms with Crippen molar-refractivity contribution in [1.29, 1.82) is 0 Å². The van der Waals surface area contributed by atoms with Gasteiger partial charge in [0.15, 0.2) is 0 Å². The molecule has 0 N–H and O–H groups in total. The number of amidine groups is 1. The van der Waals surface area contributed by atoms with Gasteiger partial charge in [0.1, 0.15) is 0 Å². The van der Waals surface area contributed by atoms with E-state index in [4.69, 9.17) is 0 Å². The Morgan fingerprint density at radius 3 is 1.87 bits per heavy atom. The predicted octanol–water partition coefficient (Wildman–Crippen LogP) is 2.75. The van der Waals surface area contributed by atoms with Gasteiger partial charge in [-0.3, -0.25) is 13.7 Å². The summed E-state index contributed by atoms with van der Waals surface area (Å²) in [5.41, 5.74) is 0. The van der Waals surface area contributed by atoms with E-state index in [2.05, 4.69) is 48.3 Å². The highest BCUT2D eigenvalue weighted by molar-refractivity contribution is 8.13. The van der Waals surface area contributed by atoms with Crippen LogP contribution in [0.15, 0.2) is 0 Å². The van der Waals surface area contributed by atoms with E-state index in [-0.39, 0.29) is 6.61 Å². The molecule has 0 aliphatic rings. The molecule has 0 amide bonds. The number of thioether (sulfide) groups is 1. The summed E-state index contributed by atoms with van der Waals surface area (Å²) in [4.78, 5) is 2.48. The van der Waals surface area contributed by atoms with E-state index in [1.165, 1.54) is 30.7 Å². The molecule has 0 aromatic carbocycles. The fourth-order valence-corrected chi connectivity index (χ4v) is 3.61. The monoisotopic (exact) mass is 370 g/mol. The van der Waals surface area contributed by atoms with E-state index >= 15 is 0 Å². The van der Waals surface area contributed by atoms with E-state index in [1.807, 2.05) is 11.8 Å². The summed E-state index contributed by atoms with van der Waals surface area (Å²) in [6.07, 6.45) is 2.60. The van der Waals surface area contributed by atoms with E-state index in [9.17, 15) is 13.0 Å². The first-order valence-corrected chi connectivity index (χ1v) is 10.7. The Morgan fingerprint density at radius 2 is 1.61 bits per heavy atom. The standard InChI is InChI=1S/C13H29N2S.C2H6O4S/c1-6-11-12-16-13(14(7-2)8-3)15(9-4)10-5;1-2-6-7(3,4)5/h6-12H2,1-5H3;2H2,1H3,(H,3,4,5)/q+1;/p-1. The van der Waals surface area contributed by atoms with Gasteiger partial charge in [0.2, 0.25) is 10.4 Å². The van der Waals surface area contributed by atoms with Crippen molar-refractivity contribution in [3.05, 3.63) is 0 Å². The third-order valence-electron chi connectivity index (χ3n) is 3.06. The minimum Gasteiger partial charge on any atom is -0.726 e. The van der Waals surface area contributed by atoms with Crippen LogP contribution in [0, 0.1) is 0 Å². The highest BCUT2D eigenvalue weighted by Gasteiger charge is 2.19. The van der Waals surface area contributed by atoms with Gasteiger partial charge in [-0.2, -0.15) is 0 Å². The van der Waals surface area contributed by atoms with E-state index < -0.39 is 10.4 Å². The molecule has 0 saturated heterocycles. The summed E-state index contributed by atoms with van der Waals surface area (Å²) in [5, 5.41) is 1.48. The van der Waals surface area contributed by atoms with Crippen molar-refractivity contribution < 1.29 is 21.7 Å². The normalized spacial score (nSPS) is 10.7. The zero-order valence-corrected chi connectivity index (χ0v) is 17.1. The van der Waals surface area contributed by atoms with Crippen LogP contribution in [0.1, 0.15) is 54.4 Å². The van der Waals surface area contributed by atoms with Gasteiger partial charge in [0.05, 0.1) is 32.8 Å². The Hall–Kier alpha value is -0.310. The molecule has 0 saturated carbocycles. The lowest BCUT2D eigenvalue weighted by atomic mass is 10.4. The Morgan fingerprint density at radius 1 is 1.09 bits per heavy atom. The Labute approximate surface area is 147 Å². The molecule has 0 unspecified atom stereocenters. The van der Waals surface area contributed by atoms with Gasteiger partial charge in [0, 0.05) is 5.75 Å². The van der Waals surface area contributed by atoms with Crippen LogP contribution in [-0.2, 0) is 14.6 Å². The van der Waals surface area contributed by atoms with Gasteiger partial charge in [-0.25, -0.2) is 8.42 Å². The van der Waals surface area contributed by atoms with Crippen LogP contribution in [0.5, 0.6) is 0 Å². The highest BCUT2D eigenvalue weighted by Crippen LogP contribution is 2.11. The largest absolute Gasteiger partial charge is 0.726 e. The second-order valence-electron chi connectivity index (χ2n) is 4.64. The van der Waals surface area contributed by atoms with Crippen molar-refractivity contribution in [2.75, 3.05) is 38.5 Å². The minimum atomic E-state index is -4.42. The fourth-order valence-electron chi connectivity index (χ4n) is 1.82. The van der Waals surface area contributed by atoms with Crippen LogP contribution in [0.4, 0.5) is 0 Å². The summed E-state index contributed by atoms with van der Waals surface area (Å²) >= 11 is 2.03. The Balaban J connectivity index is 0. The van der Waals surface area contributed by atoms with Gasteiger partial charge in [-0.05, 0) is 52.8 Å². The van der Waals surface area contributed by atoms with Gasteiger partial charge >= 0.3 is 5.17 Å². The molecule has 140 valence electrons. The average Bonchev–Trinajstić information content (AvgIpc) is 2.48. The molecule has 0 bridgehead atoms. The lowest BCUT2D eigenvalue weighted by Gasteiger charge is -2.18. The minimum absolute atomic E-state index is 0.0914. The maximum absolute atomic E-state index is 9.45. The SMILES string of the molecule is CCCCSC(N(CC)CC)=[N+](CC)CC.CCOS(=O)(=O)[O-]. The van der Waals surface area contributed by atoms with E-state index in [0.717, 1.165) is 26.2 Å². The summed E-state index contributed by atoms with van der Waals surface area (Å²) in [7, 11) is -4.42. The van der Waals surface area contributed by atoms with Gasteiger partial charge in [-0.15, -0.1) is 0 Å². The number of nitrogens with zero attached hydrogens (tertiary/aromatic N) is 2. The third kappa shape index (κ3) is 13.8. The molecule has 0 radical (unpaired) electrons. The average molecular weight is 371 g/mol. The molecular weight excluding hydrogens is 336 g/mol. The van der Waals surface area contributed by atoms with Gasteiger partial charge < -0.3 is 4.55 Å². The molecular formula is C15H34N2O4S2. The van der Waals surface area contributed by atoms with Crippen molar-refractivity contribution in [2.45, 2.75) is 54.4 Å². The van der Waals surface area contributed by atoms with Crippen molar-refractivity contribution in [3.63, 3.8) is 0 Å². The fraction of sp³-hybridized carbons (Fsp3) is 0.933. The molecule has 0 rings (SSSR count). The maximum Gasteiger partial charge on any atom is 0.308 e. The molecule has 6 nitrogen and oxygen atoms in total. The van der Waals surface area contributed by atoms with Crippen LogP contribution in [-0.4, -0.2) is 66.2 Å². The lowest BCUT2D eigenvalue weighted by molar-refractivity contribution is -0.522. The molecule has 0 fully saturated rings. The first-order valence-electron chi connectivity index (χ1n) is 8.40. The molecule has 23 heavy (non-hydrogen) atoms. The topological polar surface area (TPSA) is 72.7 Å². The number of rotatable bonds is 9. The number of hydrogen-bond acceptors (Lipinski definition) is 5. The molecule has 8 heteroatoms. The second-order valence-corrected chi connectivity index (χ2v) is 6.76. The van der Waals surface area contributed by atoms with Crippen LogP contribution in [0.3, 0.4) is 0 Å². The molecule has 0 aromatic heterocycles. The zero-order chi connectivity index (χ0) is 18.3. The van der Waals surface area contributed by atoms with Crippen molar-refractivity contribution >= 4 is 27.3 Å². The summed E-state index contributed by atoms with van der Waals surface area (Å²) in [6, 6.07) is 0. The Kier molecular flexibility index (Phi) is 16.5. The number of hydrogen-bond donors (Lipinski definition) is 0. The van der Waals surface area contributed by atoms with E-state index in [0.29, 0.717) is 0 Å². The molecule has 0 spiro atoms. The predicted molar refractivity (Wildman–Crippen MR) is 98.0 cm³/mol. The van der Waals surface area contributed by atoms with E-state index in [1.54, 1.807) is 0 Å². The van der Waals surface area contributed by atoms with Crippen LogP contribution >= 0.6 is 11.8 Å². The first-order chi connectivity index (χ1) is 10.8. The van der Waals surface area contributed by atoms with Crippen molar-refractivity contribution in [1.82, 2.24) is 4.90 Å². The smallest absolute Gasteiger partial charge is 0.308 e. The van der Waals surface area contributed by atoms with Crippen LogP contribution in [0.2, 0.25) is 0 Å². The summed E-state index contributed by atoms with van der Waals surface area (Å²) < 4.78 is 34.5. The second kappa shape index (κ2) is 15.2. The molecule has 0 heterocycles. The highest BCUT2D eigenvalue weighted by atomic mass is 32.3. The van der Waals surface area contributed by atoms with Gasteiger partial charge in [0.25, 0.3) is 0 Å². The first kappa shape index (κ1) is 24.9. The lowest BCUT2D eigenvalue weighted by Crippen LogP contribution is -2.36. The maximum atomic E-state index is 9.45. The number of unbranched alkanes of at least 4 members (excludes halogenated alkanes) is 1. The molecule has 0 aromatic rings. The summed E-state index contributed by atoms with van der Waals surface area (Å²) in [5.74, 6) is 1.25.